The van der Waals surface area contributed by atoms with E-state index in [1.54, 1.807) is 17.5 Å². The summed E-state index contributed by atoms with van der Waals surface area (Å²) < 4.78 is 15.5. The Labute approximate surface area is 167 Å². The number of thiazole rings is 1. The molecule has 0 fully saturated rings. The average Bonchev–Trinajstić information content (AvgIpc) is 3.39. The van der Waals surface area contributed by atoms with E-state index in [1.807, 2.05) is 35.5 Å². The molecular formula is C18H20N5OS3+. The minimum atomic E-state index is -1.11. The third-order valence-corrected chi connectivity index (χ3v) is 8.12. The monoisotopic (exact) mass is 418 g/mol. The number of imidazole rings is 1. The molecular weight excluding hydrogens is 398 g/mol. The van der Waals surface area contributed by atoms with Gasteiger partial charge in [-0.05, 0) is 12.5 Å². The van der Waals surface area contributed by atoms with Gasteiger partial charge >= 0.3 is 0 Å². The number of nitrogens with one attached hydrogen (secondary N) is 1. The first-order valence-corrected chi connectivity index (χ1v) is 11.7. The molecule has 1 atom stereocenters. The molecule has 0 amide bonds. The number of nitrogens with zero attached hydrogens (tertiary/aromatic N) is 3. The Balaban J connectivity index is 1.96. The maximum absolute atomic E-state index is 12.8. The maximum Gasteiger partial charge on any atom is 0.287 e. The zero-order valence-corrected chi connectivity index (χ0v) is 17.5. The lowest BCUT2D eigenvalue weighted by Gasteiger charge is -2.04. The summed E-state index contributed by atoms with van der Waals surface area (Å²) in [6.45, 7) is 2.09. The third kappa shape index (κ3) is 3.30. The second-order valence-corrected chi connectivity index (χ2v) is 9.86. The van der Waals surface area contributed by atoms with Crippen molar-refractivity contribution in [1.82, 2.24) is 15.0 Å². The van der Waals surface area contributed by atoms with Crippen molar-refractivity contribution < 1.29 is 8.78 Å². The Morgan fingerprint density at radius 2 is 2.26 bits per heavy atom. The van der Waals surface area contributed by atoms with Crippen LogP contribution in [0.15, 0.2) is 34.2 Å². The molecule has 4 heterocycles. The highest BCUT2D eigenvalue weighted by Gasteiger charge is 2.24. The number of anilines is 1. The summed E-state index contributed by atoms with van der Waals surface area (Å²) in [5, 5.41) is 3.65. The number of thiophene rings is 1. The maximum atomic E-state index is 12.8. The van der Waals surface area contributed by atoms with E-state index in [0.717, 1.165) is 49.4 Å². The van der Waals surface area contributed by atoms with Crippen LogP contribution in [0.4, 0.5) is 5.69 Å². The minimum Gasteiger partial charge on any atom is -0.396 e. The van der Waals surface area contributed by atoms with Gasteiger partial charge in [-0.1, -0.05) is 13.3 Å². The standard InChI is InChI=1S/C18H19N5OS3/c1-3-4-9-27(24)18-14(19)13-11(15-20-5-7-23(15)2)10-12(22-17(13)26-18)16-21-6-8-25-16/h5-8,10H,3-4,9,19H2,1-2H3/p+1. The van der Waals surface area contributed by atoms with Gasteiger partial charge in [-0.15, -0.1) is 22.7 Å². The Bertz CT molecular complexity index is 1110. The summed E-state index contributed by atoms with van der Waals surface area (Å²) in [6, 6.07) is 2.01. The van der Waals surface area contributed by atoms with Crippen molar-refractivity contribution in [2.75, 3.05) is 11.5 Å². The van der Waals surface area contributed by atoms with E-state index in [2.05, 4.69) is 16.9 Å². The predicted octanol–water partition coefficient (Wildman–Crippen LogP) is 3.73. The Morgan fingerprint density at radius 1 is 1.41 bits per heavy atom. The highest BCUT2D eigenvalue weighted by Crippen LogP contribution is 2.41. The van der Waals surface area contributed by atoms with E-state index in [4.69, 9.17) is 10.7 Å². The van der Waals surface area contributed by atoms with Crippen molar-refractivity contribution in [2.24, 2.45) is 7.05 Å². The third-order valence-electron chi connectivity index (χ3n) is 4.33. The lowest BCUT2D eigenvalue weighted by Crippen LogP contribution is -2.27. The highest BCUT2D eigenvalue weighted by atomic mass is 32.2. The summed E-state index contributed by atoms with van der Waals surface area (Å²) in [4.78, 5) is 13.3. The number of hydrogen-bond donors (Lipinski definition) is 2. The molecule has 4 rings (SSSR count). The van der Waals surface area contributed by atoms with E-state index < -0.39 is 10.8 Å². The molecule has 1 unspecified atom stereocenters. The fourth-order valence-corrected chi connectivity index (χ4v) is 6.35. The summed E-state index contributed by atoms with van der Waals surface area (Å²) >= 11 is 2.97. The molecule has 0 aliphatic carbocycles. The Morgan fingerprint density at radius 3 is 2.93 bits per heavy atom. The van der Waals surface area contributed by atoms with Crippen LogP contribution in [-0.4, -0.2) is 24.9 Å². The number of hydrogen-bond acceptors (Lipinski definition) is 6. The van der Waals surface area contributed by atoms with Crippen LogP contribution in [0.1, 0.15) is 19.8 Å². The van der Waals surface area contributed by atoms with Gasteiger partial charge in [0.25, 0.3) is 5.82 Å². The number of aryl methyl sites for hydroxylation is 1. The fraction of sp³-hybridized carbons (Fsp3) is 0.278. The number of aromatic nitrogens is 4. The minimum absolute atomic E-state index is 0.576. The number of aromatic amines is 1. The molecule has 0 aliphatic rings. The summed E-state index contributed by atoms with van der Waals surface area (Å²) in [5.74, 6) is 1.55. The van der Waals surface area contributed by atoms with Crippen LogP contribution in [0.2, 0.25) is 0 Å². The number of nitrogen functional groups attached to an aromatic ring is 1. The van der Waals surface area contributed by atoms with Crippen molar-refractivity contribution >= 4 is 49.4 Å². The zero-order chi connectivity index (χ0) is 19.0. The van der Waals surface area contributed by atoms with Crippen molar-refractivity contribution in [2.45, 2.75) is 24.0 Å². The van der Waals surface area contributed by atoms with Crippen molar-refractivity contribution in [3.63, 3.8) is 0 Å². The summed E-state index contributed by atoms with van der Waals surface area (Å²) in [6.07, 6.45) is 7.53. The molecule has 9 heteroatoms. The van der Waals surface area contributed by atoms with Gasteiger partial charge < -0.3 is 5.73 Å². The van der Waals surface area contributed by atoms with Crippen LogP contribution >= 0.6 is 22.7 Å². The molecule has 140 valence electrons. The topological polar surface area (TPSA) is 88.5 Å². The first-order valence-electron chi connectivity index (χ1n) is 8.64. The molecule has 0 aromatic carbocycles. The quantitative estimate of drug-likeness (QED) is 0.467. The predicted molar refractivity (Wildman–Crippen MR) is 112 cm³/mol. The van der Waals surface area contributed by atoms with Crippen LogP contribution in [0.3, 0.4) is 0 Å². The van der Waals surface area contributed by atoms with Crippen LogP contribution in [0, 0.1) is 0 Å². The molecule has 27 heavy (non-hydrogen) atoms. The number of pyridine rings is 1. The molecule has 4 aromatic heterocycles. The number of H-pyrrole nitrogens is 1. The molecule has 0 radical (unpaired) electrons. The molecule has 0 saturated heterocycles. The first kappa shape index (κ1) is 18.3. The second kappa shape index (κ2) is 7.49. The van der Waals surface area contributed by atoms with Gasteiger partial charge in [0.1, 0.15) is 32.1 Å². The van der Waals surface area contributed by atoms with Gasteiger partial charge in [0.15, 0.2) is 0 Å². The van der Waals surface area contributed by atoms with E-state index in [9.17, 15) is 4.21 Å². The van der Waals surface area contributed by atoms with Crippen molar-refractivity contribution in [1.29, 1.82) is 0 Å². The largest absolute Gasteiger partial charge is 0.396 e. The number of nitrogens with two attached hydrogens (primary N) is 1. The fourth-order valence-electron chi connectivity index (χ4n) is 2.96. The second-order valence-electron chi connectivity index (χ2n) is 6.20. The lowest BCUT2D eigenvalue weighted by atomic mass is 10.1. The van der Waals surface area contributed by atoms with E-state index >= 15 is 0 Å². The smallest absolute Gasteiger partial charge is 0.287 e. The van der Waals surface area contributed by atoms with Gasteiger partial charge in [0.05, 0.1) is 34.5 Å². The highest BCUT2D eigenvalue weighted by molar-refractivity contribution is 7.87. The average molecular weight is 419 g/mol. The van der Waals surface area contributed by atoms with Gasteiger partial charge in [-0.3, -0.25) is 4.21 Å². The number of rotatable bonds is 6. The van der Waals surface area contributed by atoms with Gasteiger partial charge in [0, 0.05) is 17.3 Å². The van der Waals surface area contributed by atoms with Gasteiger partial charge in [-0.2, -0.15) is 0 Å². The van der Waals surface area contributed by atoms with Gasteiger partial charge in [0.2, 0.25) is 0 Å². The van der Waals surface area contributed by atoms with Crippen molar-refractivity contribution in [3.8, 4) is 22.1 Å². The Hall–Kier alpha value is -2.10. The molecule has 3 N–H and O–H groups in total. The first-order chi connectivity index (χ1) is 13.1. The molecule has 6 nitrogen and oxygen atoms in total. The van der Waals surface area contributed by atoms with Crippen LogP contribution in [-0.2, 0) is 17.8 Å². The molecule has 0 bridgehead atoms. The molecule has 0 saturated carbocycles. The summed E-state index contributed by atoms with van der Waals surface area (Å²) in [5.41, 5.74) is 8.80. The van der Waals surface area contributed by atoms with Crippen molar-refractivity contribution in [3.05, 3.63) is 30.0 Å². The lowest BCUT2D eigenvalue weighted by molar-refractivity contribution is -0.658. The SMILES string of the molecule is CCCCS(=O)c1sc2nc(-c3nccs3)cc(-c3[nH]cc[n+]3C)c2c1N. The number of fused-ring (bicyclic) bond motifs is 1. The zero-order valence-electron chi connectivity index (χ0n) is 15.1. The number of unbranched alkanes of at least 4 members (excludes halogenated alkanes) is 1. The normalized spacial score (nSPS) is 12.7. The van der Waals surface area contributed by atoms with Crippen LogP contribution < -0.4 is 10.3 Å². The molecule has 0 spiro atoms. The van der Waals surface area contributed by atoms with E-state index in [-0.39, 0.29) is 0 Å². The van der Waals surface area contributed by atoms with Crippen LogP contribution in [0.25, 0.3) is 32.3 Å². The van der Waals surface area contributed by atoms with Gasteiger partial charge in [-0.25, -0.2) is 19.5 Å². The van der Waals surface area contributed by atoms with E-state index in [1.165, 1.54) is 11.3 Å². The summed E-state index contributed by atoms with van der Waals surface area (Å²) in [7, 11) is 0.868. The molecule has 0 aliphatic heterocycles. The van der Waals surface area contributed by atoms with Crippen LogP contribution in [0.5, 0.6) is 0 Å². The Kier molecular flexibility index (Phi) is 5.07. The molecule has 4 aromatic rings. The van der Waals surface area contributed by atoms with E-state index in [0.29, 0.717) is 11.4 Å².